The van der Waals surface area contributed by atoms with Gasteiger partial charge >= 0.3 is 12.0 Å². The van der Waals surface area contributed by atoms with E-state index >= 15 is 0 Å². The number of furan rings is 1. The molecule has 1 rings (SSSR count). The Labute approximate surface area is 118 Å². The van der Waals surface area contributed by atoms with Crippen LogP contribution in [0.15, 0.2) is 22.8 Å². The molecule has 0 aliphatic carbocycles. The van der Waals surface area contributed by atoms with E-state index in [0.717, 1.165) is 0 Å². The van der Waals surface area contributed by atoms with Gasteiger partial charge in [0.1, 0.15) is 5.76 Å². The van der Waals surface area contributed by atoms with Crippen LogP contribution in [0.3, 0.4) is 0 Å². The topological polar surface area (TPSA) is 91.6 Å². The van der Waals surface area contributed by atoms with Crippen molar-refractivity contribution >= 4 is 12.0 Å². The standard InChI is InChI=1S/C14H22N2O4/c1-14(2,3)7-10(12(17)18)8-15-13(19)16-9-11-5-4-6-20-11/h4-6,10H,7-9H2,1-3H3,(H,17,18)(H2,15,16,19). The lowest BCUT2D eigenvalue weighted by atomic mass is 9.84. The summed E-state index contributed by atoms with van der Waals surface area (Å²) in [6, 6.07) is 3.08. The summed E-state index contributed by atoms with van der Waals surface area (Å²) in [5.41, 5.74) is -0.102. The maximum absolute atomic E-state index is 11.6. The predicted molar refractivity (Wildman–Crippen MR) is 74.1 cm³/mol. The number of carboxylic acid groups (broad SMARTS) is 1. The molecule has 112 valence electrons. The molecule has 0 aliphatic heterocycles. The first-order valence-electron chi connectivity index (χ1n) is 6.55. The van der Waals surface area contributed by atoms with E-state index in [2.05, 4.69) is 10.6 Å². The lowest BCUT2D eigenvalue weighted by Crippen LogP contribution is -2.40. The van der Waals surface area contributed by atoms with Crippen molar-refractivity contribution in [3.63, 3.8) is 0 Å². The van der Waals surface area contributed by atoms with Gasteiger partial charge in [-0.2, -0.15) is 0 Å². The Morgan fingerprint density at radius 3 is 2.55 bits per heavy atom. The van der Waals surface area contributed by atoms with E-state index in [4.69, 9.17) is 9.52 Å². The molecule has 0 bridgehead atoms. The molecule has 6 nitrogen and oxygen atoms in total. The van der Waals surface area contributed by atoms with E-state index in [0.29, 0.717) is 12.2 Å². The molecule has 20 heavy (non-hydrogen) atoms. The Morgan fingerprint density at radius 1 is 1.35 bits per heavy atom. The Balaban J connectivity index is 2.35. The van der Waals surface area contributed by atoms with Crippen LogP contribution in [0.2, 0.25) is 0 Å². The van der Waals surface area contributed by atoms with E-state index in [1.165, 1.54) is 6.26 Å². The molecule has 0 saturated heterocycles. The van der Waals surface area contributed by atoms with Crippen molar-refractivity contribution in [1.29, 1.82) is 0 Å². The highest BCUT2D eigenvalue weighted by atomic mass is 16.4. The number of carbonyl (C=O) groups is 2. The van der Waals surface area contributed by atoms with Crippen molar-refractivity contribution < 1.29 is 19.1 Å². The lowest BCUT2D eigenvalue weighted by Gasteiger charge is -2.23. The highest BCUT2D eigenvalue weighted by molar-refractivity contribution is 5.75. The highest BCUT2D eigenvalue weighted by Gasteiger charge is 2.24. The fraction of sp³-hybridized carbons (Fsp3) is 0.571. The van der Waals surface area contributed by atoms with Crippen LogP contribution in [0.1, 0.15) is 33.0 Å². The zero-order chi connectivity index (χ0) is 15.2. The third-order valence-electron chi connectivity index (χ3n) is 2.72. The van der Waals surface area contributed by atoms with Crippen LogP contribution in [0, 0.1) is 11.3 Å². The number of rotatable bonds is 6. The first-order chi connectivity index (χ1) is 9.28. The second-order valence-corrected chi connectivity index (χ2v) is 5.94. The van der Waals surface area contributed by atoms with Gasteiger partial charge in [0, 0.05) is 6.54 Å². The summed E-state index contributed by atoms with van der Waals surface area (Å²) >= 11 is 0. The van der Waals surface area contributed by atoms with Gasteiger partial charge in [0.15, 0.2) is 0 Å². The minimum Gasteiger partial charge on any atom is -0.481 e. The lowest BCUT2D eigenvalue weighted by molar-refractivity contribution is -0.142. The first kappa shape index (κ1) is 16.1. The Bertz CT molecular complexity index is 435. The average Bonchev–Trinajstić information content (AvgIpc) is 2.83. The zero-order valence-corrected chi connectivity index (χ0v) is 12.1. The van der Waals surface area contributed by atoms with Gasteiger partial charge in [-0.05, 0) is 24.0 Å². The molecule has 1 heterocycles. The molecular formula is C14H22N2O4. The fourth-order valence-electron chi connectivity index (χ4n) is 1.84. The third kappa shape index (κ3) is 6.26. The minimum absolute atomic E-state index is 0.102. The maximum Gasteiger partial charge on any atom is 0.315 e. The highest BCUT2D eigenvalue weighted by Crippen LogP contribution is 2.24. The number of hydrogen-bond acceptors (Lipinski definition) is 3. The summed E-state index contributed by atoms with van der Waals surface area (Å²) in [5.74, 6) is -0.847. The Hall–Kier alpha value is -1.98. The Morgan fingerprint density at radius 2 is 2.05 bits per heavy atom. The van der Waals surface area contributed by atoms with Gasteiger partial charge < -0.3 is 20.2 Å². The van der Waals surface area contributed by atoms with Gasteiger partial charge in [0.05, 0.1) is 18.7 Å². The quantitative estimate of drug-likeness (QED) is 0.746. The van der Waals surface area contributed by atoms with Crippen LogP contribution in [-0.4, -0.2) is 23.7 Å². The van der Waals surface area contributed by atoms with Crippen LogP contribution in [0.25, 0.3) is 0 Å². The van der Waals surface area contributed by atoms with Gasteiger partial charge in [0.25, 0.3) is 0 Å². The molecule has 0 saturated carbocycles. The summed E-state index contributed by atoms with van der Waals surface area (Å²) in [6.45, 7) is 6.30. The van der Waals surface area contributed by atoms with Crippen LogP contribution in [0.5, 0.6) is 0 Å². The zero-order valence-electron chi connectivity index (χ0n) is 12.1. The number of carboxylic acids is 1. The molecule has 0 fully saturated rings. The second-order valence-electron chi connectivity index (χ2n) is 5.94. The molecule has 0 aromatic carbocycles. The number of amides is 2. The van der Waals surface area contributed by atoms with E-state index in [9.17, 15) is 9.59 Å². The maximum atomic E-state index is 11.6. The summed E-state index contributed by atoms with van der Waals surface area (Å²) < 4.78 is 5.08. The van der Waals surface area contributed by atoms with Crippen molar-refractivity contribution in [3.8, 4) is 0 Å². The van der Waals surface area contributed by atoms with Crippen LogP contribution < -0.4 is 10.6 Å². The Kier molecular flexibility index (Phi) is 5.61. The second kappa shape index (κ2) is 6.98. The molecule has 6 heteroatoms. The van der Waals surface area contributed by atoms with Crippen molar-refractivity contribution in [2.24, 2.45) is 11.3 Å². The number of hydrogen-bond donors (Lipinski definition) is 3. The van der Waals surface area contributed by atoms with E-state index in [-0.39, 0.29) is 18.5 Å². The molecule has 0 aliphatic rings. The molecule has 0 radical (unpaired) electrons. The van der Waals surface area contributed by atoms with Crippen molar-refractivity contribution in [2.45, 2.75) is 33.7 Å². The fourth-order valence-corrected chi connectivity index (χ4v) is 1.84. The minimum atomic E-state index is -0.897. The summed E-state index contributed by atoms with van der Waals surface area (Å²) in [7, 11) is 0. The van der Waals surface area contributed by atoms with E-state index < -0.39 is 17.9 Å². The summed E-state index contributed by atoms with van der Waals surface area (Å²) in [5, 5.41) is 14.3. The van der Waals surface area contributed by atoms with Crippen LogP contribution >= 0.6 is 0 Å². The first-order valence-corrected chi connectivity index (χ1v) is 6.55. The number of urea groups is 1. The SMILES string of the molecule is CC(C)(C)CC(CNC(=O)NCc1ccco1)C(=O)O. The van der Waals surface area contributed by atoms with Crippen LogP contribution in [-0.2, 0) is 11.3 Å². The normalized spacial score (nSPS) is 12.8. The molecular weight excluding hydrogens is 260 g/mol. The molecule has 1 aromatic rings. The third-order valence-corrected chi connectivity index (χ3v) is 2.72. The van der Waals surface area contributed by atoms with Crippen molar-refractivity contribution in [3.05, 3.63) is 24.2 Å². The number of aliphatic carboxylic acids is 1. The van der Waals surface area contributed by atoms with Gasteiger partial charge in [-0.15, -0.1) is 0 Å². The summed E-state index contributed by atoms with van der Waals surface area (Å²) in [4.78, 5) is 22.7. The predicted octanol–water partition coefficient (Wildman–Crippen LogP) is 2.22. The summed E-state index contributed by atoms with van der Waals surface area (Å²) in [6.07, 6.45) is 2.03. The smallest absolute Gasteiger partial charge is 0.315 e. The van der Waals surface area contributed by atoms with Gasteiger partial charge in [-0.1, -0.05) is 20.8 Å². The van der Waals surface area contributed by atoms with Gasteiger partial charge in [0.2, 0.25) is 0 Å². The average molecular weight is 282 g/mol. The van der Waals surface area contributed by atoms with E-state index in [1.54, 1.807) is 12.1 Å². The molecule has 2 amide bonds. The molecule has 3 N–H and O–H groups in total. The number of carbonyl (C=O) groups excluding carboxylic acids is 1. The number of nitrogens with one attached hydrogen (secondary N) is 2. The van der Waals surface area contributed by atoms with Gasteiger partial charge in [-0.3, -0.25) is 4.79 Å². The molecule has 1 unspecified atom stereocenters. The van der Waals surface area contributed by atoms with Crippen molar-refractivity contribution in [1.82, 2.24) is 10.6 Å². The molecule has 0 spiro atoms. The molecule has 1 atom stereocenters. The largest absolute Gasteiger partial charge is 0.481 e. The van der Waals surface area contributed by atoms with E-state index in [1.807, 2.05) is 20.8 Å². The van der Waals surface area contributed by atoms with Crippen molar-refractivity contribution in [2.75, 3.05) is 6.54 Å². The monoisotopic (exact) mass is 282 g/mol. The molecule has 1 aromatic heterocycles. The van der Waals surface area contributed by atoms with Crippen LogP contribution in [0.4, 0.5) is 4.79 Å². The van der Waals surface area contributed by atoms with Gasteiger partial charge in [-0.25, -0.2) is 4.79 Å².